The zero-order valence-electron chi connectivity index (χ0n) is 12.5. The first-order valence-corrected chi connectivity index (χ1v) is 6.98. The fraction of sp³-hybridized carbons (Fsp3) is 0.500. The van der Waals surface area contributed by atoms with E-state index in [-0.39, 0.29) is 23.3 Å². The number of ketones is 1. The van der Waals surface area contributed by atoms with Gasteiger partial charge in [0.25, 0.3) is 0 Å². The van der Waals surface area contributed by atoms with E-state index < -0.39 is 6.04 Å². The second-order valence-corrected chi connectivity index (χ2v) is 6.02. The lowest BCUT2D eigenvalue weighted by molar-refractivity contribution is -0.128. The first-order valence-electron chi connectivity index (χ1n) is 6.98. The van der Waals surface area contributed by atoms with Crippen LogP contribution >= 0.6 is 0 Å². The monoisotopic (exact) mass is 274 g/mol. The third-order valence-corrected chi connectivity index (χ3v) is 3.93. The maximum absolute atomic E-state index is 12.3. The Morgan fingerprint density at radius 3 is 2.65 bits per heavy atom. The number of hydrogen-bond donors (Lipinski definition) is 2. The predicted molar refractivity (Wildman–Crippen MR) is 78.4 cm³/mol. The highest BCUT2D eigenvalue weighted by Crippen LogP contribution is 2.29. The van der Waals surface area contributed by atoms with Gasteiger partial charge in [-0.3, -0.25) is 14.9 Å². The molecule has 0 bridgehead atoms. The summed E-state index contributed by atoms with van der Waals surface area (Å²) in [5.74, 6) is -0.149. The molecule has 20 heavy (non-hydrogen) atoms. The quantitative estimate of drug-likeness (QED) is 0.879. The molecule has 0 radical (unpaired) electrons. The van der Waals surface area contributed by atoms with Gasteiger partial charge in [0.1, 0.15) is 0 Å². The first kappa shape index (κ1) is 14.7. The summed E-state index contributed by atoms with van der Waals surface area (Å²) in [6.07, 6.45) is 0.649. The van der Waals surface area contributed by atoms with Crippen LogP contribution in [0.15, 0.2) is 24.3 Å². The molecule has 1 aromatic carbocycles. The Labute approximate surface area is 119 Å². The van der Waals surface area contributed by atoms with Crippen LogP contribution in [0.4, 0.5) is 0 Å². The fourth-order valence-corrected chi connectivity index (χ4v) is 2.67. The van der Waals surface area contributed by atoms with Crippen molar-refractivity contribution in [3.63, 3.8) is 0 Å². The summed E-state index contributed by atoms with van der Waals surface area (Å²) in [7, 11) is 0. The molecule has 0 aromatic heterocycles. The van der Waals surface area contributed by atoms with Gasteiger partial charge < -0.3 is 5.32 Å². The van der Waals surface area contributed by atoms with E-state index in [0.717, 1.165) is 0 Å². The molecule has 2 atom stereocenters. The van der Waals surface area contributed by atoms with Gasteiger partial charge in [0.05, 0.1) is 12.1 Å². The minimum Gasteiger partial charge on any atom is -0.345 e. The number of carbonyl (C=O) groups is 2. The highest BCUT2D eigenvalue weighted by molar-refractivity contribution is 5.89. The second-order valence-electron chi connectivity index (χ2n) is 6.02. The normalized spacial score (nSPS) is 21.7. The van der Waals surface area contributed by atoms with E-state index in [0.29, 0.717) is 6.42 Å². The van der Waals surface area contributed by atoms with Crippen molar-refractivity contribution in [2.75, 3.05) is 0 Å². The van der Waals surface area contributed by atoms with Crippen molar-refractivity contribution in [1.29, 1.82) is 0 Å². The van der Waals surface area contributed by atoms with Gasteiger partial charge in [-0.2, -0.15) is 0 Å². The molecule has 2 unspecified atom stereocenters. The molecule has 2 N–H and O–H groups in total. The van der Waals surface area contributed by atoms with E-state index in [2.05, 4.69) is 36.6 Å². The molecule has 0 aliphatic carbocycles. The van der Waals surface area contributed by atoms with Crippen molar-refractivity contribution in [2.45, 2.75) is 51.7 Å². The molecular weight excluding hydrogens is 252 g/mol. The largest absolute Gasteiger partial charge is 0.345 e. The topological polar surface area (TPSA) is 58.2 Å². The number of benzene rings is 1. The second kappa shape index (κ2) is 5.37. The lowest BCUT2D eigenvalue weighted by Crippen LogP contribution is -2.57. The molecular formula is C16H22N2O2. The molecule has 0 fully saturated rings. The Bertz CT molecular complexity index is 537. The average Bonchev–Trinajstić information content (AvgIpc) is 2.37. The number of fused-ring (bicyclic) bond motifs is 1. The number of amides is 1. The van der Waals surface area contributed by atoms with Crippen LogP contribution in [0.1, 0.15) is 38.8 Å². The van der Waals surface area contributed by atoms with Gasteiger partial charge in [0, 0.05) is 5.54 Å². The Morgan fingerprint density at radius 2 is 2.00 bits per heavy atom. The molecule has 0 spiro atoms. The molecule has 1 amide bonds. The summed E-state index contributed by atoms with van der Waals surface area (Å²) in [6.45, 7) is 7.33. The van der Waals surface area contributed by atoms with Crippen LogP contribution in [0.25, 0.3) is 0 Å². The molecule has 4 nitrogen and oxygen atoms in total. The summed E-state index contributed by atoms with van der Waals surface area (Å²) in [4.78, 5) is 23.5. The van der Waals surface area contributed by atoms with Crippen molar-refractivity contribution < 1.29 is 9.59 Å². The number of hydrogen-bond acceptors (Lipinski definition) is 3. The van der Waals surface area contributed by atoms with Gasteiger partial charge in [0.15, 0.2) is 5.78 Å². The highest BCUT2D eigenvalue weighted by atomic mass is 16.2. The standard InChI is InChI=1S/C16H22N2O2/c1-10(11(2)19)17-15(20)14-9-12-7-5-6-8-13(12)16(3,4)18-14/h5-8,10,14,18H,9H2,1-4H3,(H,17,20). The molecule has 1 heterocycles. The Balaban J connectivity index is 2.17. The number of carbonyl (C=O) groups excluding carboxylic acids is 2. The minimum atomic E-state index is -0.440. The third-order valence-electron chi connectivity index (χ3n) is 3.93. The van der Waals surface area contributed by atoms with Gasteiger partial charge >= 0.3 is 0 Å². The van der Waals surface area contributed by atoms with Crippen molar-refractivity contribution in [3.05, 3.63) is 35.4 Å². The van der Waals surface area contributed by atoms with E-state index >= 15 is 0 Å². The van der Waals surface area contributed by atoms with Gasteiger partial charge in [-0.1, -0.05) is 24.3 Å². The SMILES string of the molecule is CC(=O)C(C)NC(=O)C1Cc2ccccc2C(C)(C)N1. The number of Topliss-reactive ketones (excluding diaryl/α,β-unsaturated/α-hetero) is 1. The zero-order valence-corrected chi connectivity index (χ0v) is 12.5. The maximum Gasteiger partial charge on any atom is 0.238 e. The van der Waals surface area contributed by atoms with Crippen molar-refractivity contribution in [2.24, 2.45) is 0 Å². The Kier molecular flexibility index (Phi) is 3.95. The molecule has 108 valence electrons. The molecule has 4 heteroatoms. The first-order chi connectivity index (χ1) is 9.31. The van der Waals surface area contributed by atoms with Gasteiger partial charge in [-0.25, -0.2) is 0 Å². The smallest absolute Gasteiger partial charge is 0.238 e. The van der Waals surface area contributed by atoms with Gasteiger partial charge in [0.2, 0.25) is 5.91 Å². The van der Waals surface area contributed by atoms with E-state index in [1.807, 2.05) is 12.1 Å². The van der Waals surface area contributed by atoms with Crippen LogP contribution in [0.5, 0.6) is 0 Å². The van der Waals surface area contributed by atoms with E-state index in [9.17, 15) is 9.59 Å². The summed E-state index contributed by atoms with van der Waals surface area (Å²) >= 11 is 0. The van der Waals surface area contributed by atoms with Crippen molar-refractivity contribution in [1.82, 2.24) is 10.6 Å². The van der Waals surface area contributed by atoms with E-state index in [1.54, 1.807) is 6.92 Å². The van der Waals surface area contributed by atoms with Crippen LogP contribution < -0.4 is 10.6 Å². The number of rotatable bonds is 3. The molecule has 2 rings (SSSR count). The zero-order chi connectivity index (χ0) is 14.9. The van der Waals surface area contributed by atoms with Crippen LogP contribution in [0.2, 0.25) is 0 Å². The van der Waals surface area contributed by atoms with Crippen molar-refractivity contribution in [3.8, 4) is 0 Å². The summed E-state index contributed by atoms with van der Waals surface area (Å²) in [5, 5.41) is 6.14. The molecule has 0 saturated heterocycles. The maximum atomic E-state index is 12.3. The van der Waals surface area contributed by atoms with E-state index in [1.165, 1.54) is 18.1 Å². The minimum absolute atomic E-state index is 0.0335. The van der Waals surface area contributed by atoms with Gasteiger partial charge in [-0.05, 0) is 45.2 Å². The van der Waals surface area contributed by atoms with Crippen molar-refractivity contribution >= 4 is 11.7 Å². The summed E-state index contributed by atoms with van der Waals surface area (Å²) in [5.41, 5.74) is 2.16. The van der Waals surface area contributed by atoms with Gasteiger partial charge in [-0.15, -0.1) is 0 Å². The molecule has 1 aliphatic heterocycles. The van der Waals surface area contributed by atoms with E-state index in [4.69, 9.17) is 0 Å². The van der Waals surface area contributed by atoms with Crippen LogP contribution in [-0.2, 0) is 21.5 Å². The Hall–Kier alpha value is -1.68. The van der Waals surface area contributed by atoms with Crippen LogP contribution in [0.3, 0.4) is 0 Å². The molecule has 1 aliphatic rings. The molecule has 1 aromatic rings. The Morgan fingerprint density at radius 1 is 1.35 bits per heavy atom. The summed E-state index contributed by atoms with van der Waals surface area (Å²) in [6, 6.07) is 7.42. The lowest BCUT2D eigenvalue weighted by atomic mass is 9.82. The van der Waals surface area contributed by atoms with Crippen LogP contribution in [-0.4, -0.2) is 23.8 Å². The fourth-order valence-electron chi connectivity index (χ4n) is 2.67. The van der Waals surface area contributed by atoms with Crippen LogP contribution in [0, 0.1) is 0 Å². The summed E-state index contributed by atoms with van der Waals surface area (Å²) < 4.78 is 0. The lowest BCUT2D eigenvalue weighted by Gasteiger charge is -2.38. The highest BCUT2D eigenvalue weighted by Gasteiger charge is 2.35. The third kappa shape index (κ3) is 2.90. The molecule has 0 saturated carbocycles. The predicted octanol–water partition coefficient (Wildman–Crippen LogP) is 1.53. The number of nitrogens with one attached hydrogen (secondary N) is 2. The average molecular weight is 274 g/mol.